The van der Waals surface area contributed by atoms with E-state index in [1.165, 1.54) is 0 Å². The molecule has 1 fully saturated rings. The van der Waals surface area contributed by atoms with Crippen molar-refractivity contribution in [3.05, 3.63) is 23.8 Å². The van der Waals surface area contributed by atoms with E-state index in [1.807, 2.05) is 18.2 Å². The maximum absolute atomic E-state index is 12.4. The first-order chi connectivity index (χ1) is 12.4. The van der Waals surface area contributed by atoms with Crippen molar-refractivity contribution in [2.45, 2.75) is 32.1 Å². The van der Waals surface area contributed by atoms with Crippen LogP contribution in [0.3, 0.4) is 0 Å². The summed E-state index contributed by atoms with van der Waals surface area (Å²) in [5, 5.41) is 3.01. The molecule has 3 N–H and O–H groups in total. The maximum Gasteiger partial charge on any atom is 0.317 e. The van der Waals surface area contributed by atoms with E-state index in [4.69, 9.17) is 15.2 Å². The highest BCUT2D eigenvalue weighted by Gasteiger charge is 2.28. The molecule has 7 nitrogen and oxygen atoms in total. The Labute approximate surface area is 153 Å². The van der Waals surface area contributed by atoms with Crippen LogP contribution >= 0.6 is 0 Å². The molecule has 0 saturated carbocycles. The normalized spacial score (nSPS) is 17.7. The molecule has 3 rings (SSSR count). The van der Waals surface area contributed by atoms with Crippen LogP contribution in [0.25, 0.3) is 0 Å². The summed E-state index contributed by atoms with van der Waals surface area (Å²) in [5.41, 5.74) is 6.17. The third-order valence-electron chi connectivity index (χ3n) is 5.19. The number of piperidine rings is 1. The van der Waals surface area contributed by atoms with Crippen molar-refractivity contribution in [3.8, 4) is 11.5 Å². The molecule has 0 bridgehead atoms. The number of nitrogens with two attached hydrogens (primary N) is 1. The van der Waals surface area contributed by atoms with E-state index in [0.717, 1.165) is 17.1 Å². The van der Waals surface area contributed by atoms with Gasteiger partial charge in [0.1, 0.15) is 13.2 Å². The summed E-state index contributed by atoms with van der Waals surface area (Å²) < 4.78 is 11.2. The van der Waals surface area contributed by atoms with Crippen molar-refractivity contribution in [1.82, 2.24) is 10.2 Å². The summed E-state index contributed by atoms with van der Waals surface area (Å²) >= 11 is 0. The summed E-state index contributed by atoms with van der Waals surface area (Å²) in [7, 11) is 0. The van der Waals surface area contributed by atoms with Gasteiger partial charge in [0, 0.05) is 31.0 Å². The Bertz CT molecular complexity index is 681. The molecule has 0 unspecified atom stereocenters. The molecule has 142 valence electrons. The highest BCUT2D eigenvalue weighted by Crippen LogP contribution is 2.35. The van der Waals surface area contributed by atoms with Crippen LogP contribution in [-0.2, 0) is 10.2 Å². The molecule has 1 aromatic rings. The predicted octanol–water partition coefficient (Wildman–Crippen LogP) is 1.64. The molecule has 1 saturated heterocycles. The molecular weight excluding hydrogens is 334 g/mol. The SMILES string of the molecule is CC(C)(CNC(=O)N1CCC(C(N)=O)CC1)c1ccc2c(c1)OCCO2. The van der Waals surface area contributed by atoms with Gasteiger partial charge in [0.15, 0.2) is 11.5 Å². The summed E-state index contributed by atoms with van der Waals surface area (Å²) in [5.74, 6) is 1.12. The van der Waals surface area contributed by atoms with Crippen molar-refractivity contribution in [1.29, 1.82) is 0 Å². The number of hydrogen-bond acceptors (Lipinski definition) is 4. The molecular formula is C19H27N3O4. The topological polar surface area (TPSA) is 93.9 Å². The van der Waals surface area contributed by atoms with E-state index >= 15 is 0 Å². The number of fused-ring (bicyclic) bond motifs is 1. The highest BCUT2D eigenvalue weighted by molar-refractivity contribution is 5.78. The first-order valence-corrected chi connectivity index (χ1v) is 9.09. The minimum absolute atomic E-state index is 0.0986. The van der Waals surface area contributed by atoms with E-state index in [-0.39, 0.29) is 23.3 Å². The summed E-state index contributed by atoms with van der Waals surface area (Å²) in [6, 6.07) is 5.82. The van der Waals surface area contributed by atoms with Crippen molar-refractivity contribution < 1.29 is 19.1 Å². The number of nitrogens with zero attached hydrogens (tertiary/aromatic N) is 1. The number of primary amides is 1. The van der Waals surface area contributed by atoms with Crippen LogP contribution in [-0.4, -0.2) is 49.7 Å². The van der Waals surface area contributed by atoms with E-state index in [9.17, 15) is 9.59 Å². The van der Waals surface area contributed by atoms with E-state index in [2.05, 4.69) is 19.2 Å². The van der Waals surface area contributed by atoms with Gasteiger partial charge >= 0.3 is 6.03 Å². The van der Waals surface area contributed by atoms with Gasteiger partial charge in [-0.05, 0) is 30.5 Å². The van der Waals surface area contributed by atoms with Crippen molar-refractivity contribution in [2.24, 2.45) is 11.7 Å². The van der Waals surface area contributed by atoms with Crippen LogP contribution in [0.15, 0.2) is 18.2 Å². The molecule has 2 aliphatic heterocycles. The van der Waals surface area contributed by atoms with Crippen LogP contribution in [0.1, 0.15) is 32.3 Å². The van der Waals surface area contributed by atoms with Gasteiger partial charge in [-0.1, -0.05) is 19.9 Å². The summed E-state index contributed by atoms with van der Waals surface area (Å²) in [4.78, 5) is 25.4. The number of carbonyl (C=O) groups is 2. The monoisotopic (exact) mass is 361 g/mol. The predicted molar refractivity (Wildman–Crippen MR) is 97.3 cm³/mol. The highest BCUT2D eigenvalue weighted by atomic mass is 16.6. The minimum Gasteiger partial charge on any atom is -0.486 e. The zero-order valence-corrected chi connectivity index (χ0v) is 15.4. The molecule has 0 atom stereocenters. The standard InChI is InChI=1S/C19H27N3O4/c1-19(2,14-3-4-15-16(11-14)26-10-9-25-15)12-21-18(24)22-7-5-13(6-8-22)17(20)23/h3-4,11,13H,5-10,12H2,1-2H3,(H2,20,23)(H,21,24). The number of likely N-dealkylation sites (tertiary alicyclic amines) is 1. The molecule has 26 heavy (non-hydrogen) atoms. The van der Waals surface area contributed by atoms with Crippen molar-refractivity contribution in [3.63, 3.8) is 0 Å². The first-order valence-electron chi connectivity index (χ1n) is 9.09. The quantitative estimate of drug-likeness (QED) is 0.852. The van der Waals surface area contributed by atoms with Crippen molar-refractivity contribution in [2.75, 3.05) is 32.8 Å². The third-order valence-corrected chi connectivity index (χ3v) is 5.19. The van der Waals surface area contributed by atoms with Crippen LogP contribution in [0.4, 0.5) is 4.79 Å². The maximum atomic E-state index is 12.4. The molecule has 7 heteroatoms. The fourth-order valence-corrected chi connectivity index (χ4v) is 3.34. The summed E-state index contributed by atoms with van der Waals surface area (Å²) in [6.07, 6.45) is 1.27. The Kier molecular flexibility index (Phi) is 5.25. The number of benzene rings is 1. The Morgan fingerprint density at radius 1 is 1.19 bits per heavy atom. The Balaban J connectivity index is 1.56. The Morgan fingerprint density at radius 3 is 2.50 bits per heavy atom. The van der Waals surface area contributed by atoms with Crippen molar-refractivity contribution >= 4 is 11.9 Å². The molecule has 3 amide bonds. The molecule has 2 heterocycles. The average Bonchev–Trinajstić information content (AvgIpc) is 2.65. The van der Waals surface area contributed by atoms with E-state index in [1.54, 1.807) is 4.90 Å². The van der Waals surface area contributed by atoms with Gasteiger partial charge in [0.05, 0.1) is 0 Å². The number of amides is 3. The molecule has 0 aromatic heterocycles. The van der Waals surface area contributed by atoms with Gasteiger partial charge in [0.25, 0.3) is 0 Å². The lowest BCUT2D eigenvalue weighted by Gasteiger charge is -2.33. The lowest BCUT2D eigenvalue weighted by atomic mass is 9.84. The number of ether oxygens (including phenoxy) is 2. The minimum atomic E-state index is -0.273. The Hall–Kier alpha value is -2.44. The number of hydrogen-bond donors (Lipinski definition) is 2. The van der Waals surface area contributed by atoms with Gasteiger partial charge in [-0.25, -0.2) is 4.79 Å². The zero-order chi connectivity index (χ0) is 18.7. The first kappa shape index (κ1) is 18.4. The number of carbonyl (C=O) groups excluding carboxylic acids is 2. The fourth-order valence-electron chi connectivity index (χ4n) is 3.34. The largest absolute Gasteiger partial charge is 0.486 e. The molecule has 1 aromatic carbocycles. The van der Waals surface area contributed by atoms with Crippen LogP contribution in [0.2, 0.25) is 0 Å². The smallest absolute Gasteiger partial charge is 0.317 e. The number of urea groups is 1. The molecule has 0 aliphatic carbocycles. The van der Waals surface area contributed by atoms with Gasteiger partial charge in [-0.3, -0.25) is 4.79 Å². The fraction of sp³-hybridized carbons (Fsp3) is 0.579. The summed E-state index contributed by atoms with van der Waals surface area (Å²) in [6.45, 7) is 6.90. The molecule has 2 aliphatic rings. The number of nitrogens with one attached hydrogen (secondary N) is 1. The lowest BCUT2D eigenvalue weighted by molar-refractivity contribution is -0.123. The zero-order valence-electron chi connectivity index (χ0n) is 15.4. The van der Waals surface area contributed by atoms with Gasteiger partial charge in [-0.2, -0.15) is 0 Å². The lowest BCUT2D eigenvalue weighted by Crippen LogP contribution is -2.48. The number of rotatable bonds is 4. The molecule has 0 spiro atoms. The second-order valence-electron chi connectivity index (χ2n) is 7.56. The van der Waals surface area contributed by atoms with Crippen LogP contribution in [0.5, 0.6) is 11.5 Å². The average molecular weight is 361 g/mol. The second kappa shape index (κ2) is 7.43. The third kappa shape index (κ3) is 4.03. The van der Waals surface area contributed by atoms with Crippen LogP contribution in [0, 0.1) is 5.92 Å². The van der Waals surface area contributed by atoms with Crippen LogP contribution < -0.4 is 20.5 Å². The Morgan fingerprint density at radius 2 is 1.85 bits per heavy atom. The van der Waals surface area contributed by atoms with E-state index < -0.39 is 0 Å². The second-order valence-corrected chi connectivity index (χ2v) is 7.56. The van der Waals surface area contributed by atoms with E-state index in [0.29, 0.717) is 45.7 Å². The molecule has 0 radical (unpaired) electrons. The van der Waals surface area contributed by atoms with Gasteiger partial charge in [-0.15, -0.1) is 0 Å². The van der Waals surface area contributed by atoms with Gasteiger partial charge in [0.2, 0.25) is 5.91 Å². The van der Waals surface area contributed by atoms with Gasteiger partial charge < -0.3 is 25.4 Å².